The third-order valence-corrected chi connectivity index (χ3v) is 5.72. The van der Waals surface area contributed by atoms with E-state index in [2.05, 4.69) is 15.0 Å². The van der Waals surface area contributed by atoms with Crippen LogP contribution in [0, 0.1) is 5.92 Å². The average Bonchev–Trinajstić information content (AvgIpc) is 3.05. The third-order valence-electron chi connectivity index (χ3n) is 4.60. The van der Waals surface area contributed by atoms with E-state index in [0.29, 0.717) is 17.6 Å². The summed E-state index contributed by atoms with van der Waals surface area (Å²) in [5.41, 5.74) is 0.736. The predicted octanol–water partition coefficient (Wildman–Crippen LogP) is 1.39. The van der Waals surface area contributed by atoms with Gasteiger partial charge in [0.05, 0.1) is 11.5 Å². The minimum absolute atomic E-state index is 0.204. The molecule has 0 atom stereocenters. The number of β-amino-alcohol motifs (C(OH)–C–C–N with tert-alkyl or cyclic N) is 1. The Balaban J connectivity index is 1.61. The Hall–Kier alpha value is -1.77. The molecule has 0 bridgehead atoms. The summed E-state index contributed by atoms with van der Waals surface area (Å²) in [7, 11) is -3.21. The number of hydrogen-bond donors (Lipinski definition) is 1. The Kier molecular flexibility index (Phi) is 5.51. The van der Waals surface area contributed by atoms with Crippen LogP contribution in [0.3, 0.4) is 0 Å². The molecule has 0 saturated carbocycles. The van der Waals surface area contributed by atoms with Gasteiger partial charge in [0.15, 0.2) is 9.84 Å². The molecule has 1 aromatic carbocycles. The molecule has 1 aromatic heterocycles. The standard InChI is InChI=1S/C17H23N3O4S/c1-25(22,23)15-4-2-14(3-5-15)17-18-16(24-19-17)12-13-6-8-20(9-7-13)10-11-21/h2-5,13,21H,6-12H2,1H3. The molecule has 3 rings (SSSR count). The number of aromatic nitrogens is 2. The van der Waals surface area contributed by atoms with E-state index in [-0.39, 0.29) is 11.5 Å². The predicted molar refractivity (Wildman–Crippen MR) is 92.8 cm³/mol. The SMILES string of the molecule is CS(=O)(=O)c1ccc(-c2noc(CC3CCN(CCO)CC3)n2)cc1. The van der Waals surface area contributed by atoms with Crippen molar-refractivity contribution in [3.05, 3.63) is 30.2 Å². The molecule has 0 spiro atoms. The van der Waals surface area contributed by atoms with Crippen LogP contribution in [-0.4, -0.2) is 61.1 Å². The molecule has 136 valence electrons. The Morgan fingerprint density at radius 1 is 1.24 bits per heavy atom. The quantitative estimate of drug-likeness (QED) is 0.826. The molecule has 0 aliphatic carbocycles. The topological polar surface area (TPSA) is 96.5 Å². The molecular formula is C17H23N3O4S. The fraction of sp³-hybridized carbons (Fsp3) is 0.529. The molecule has 2 aromatic rings. The Bertz CT molecular complexity index is 794. The van der Waals surface area contributed by atoms with Crippen LogP contribution in [0.2, 0.25) is 0 Å². The van der Waals surface area contributed by atoms with Gasteiger partial charge in [0.25, 0.3) is 0 Å². The van der Waals surface area contributed by atoms with Gasteiger partial charge >= 0.3 is 0 Å². The largest absolute Gasteiger partial charge is 0.395 e. The van der Waals surface area contributed by atoms with Crippen LogP contribution in [0.5, 0.6) is 0 Å². The van der Waals surface area contributed by atoms with Gasteiger partial charge in [-0.25, -0.2) is 8.42 Å². The molecule has 0 amide bonds. The fourth-order valence-corrected chi connectivity index (χ4v) is 3.74. The first-order chi connectivity index (χ1) is 12.0. The highest BCUT2D eigenvalue weighted by Crippen LogP contribution is 2.23. The number of hydrogen-bond acceptors (Lipinski definition) is 7. The number of piperidine rings is 1. The van der Waals surface area contributed by atoms with Crippen LogP contribution in [0.25, 0.3) is 11.4 Å². The lowest BCUT2D eigenvalue weighted by Crippen LogP contribution is -2.36. The third kappa shape index (κ3) is 4.65. The molecule has 7 nitrogen and oxygen atoms in total. The highest BCUT2D eigenvalue weighted by atomic mass is 32.2. The lowest BCUT2D eigenvalue weighted by molar-refractivity contribution is 0.144. The minimum Gasteiger partial charge on any atom is -0.395 e. The number of aliphatic hydroxyl groups excluding tert-OH is 1. The van der Waals surface area contributed by atoms with Gasteiger partial charge in [-0.05, 0) is 56.1 Å². The second-order valence-electron chi connectivity index (χ2n) is 6.52. The number of aliphatic hydroxyl groups is 1. The fourth-order valence-electron chi connectivity index (χ4n) is 3.11. The van der Waals surface area contributed by atoms with E-state index in [0.717, 1.165) is 44.5 Å². The van der Waals surface area contributed by atoms with Crippen molar-refractivity contribution < 1.29 is 18.0 Å². The van der Waals surface area contributed by atoms with Gasteiger partial charge in [-0.3, -0.25) is 0 Å². The molecule has 1 N–H and O–H groups in total. The lowest BCUT2D eigenvalue weighted by Gasteiger charge is -2.30. The summed E-state index contributed by atoms with van der Waals surface area (Å²) in [6.45, 7) is 2.91. The first-order valence-corrected chi connectivity index (χ1v) is 10.3. The number of likely N-dealkylation sites (tertiary alicyclic amines) is 1. The first kappa shape index (κ1) is 18.0. The van der Waals surface area contributed by atoms with Crippen molar-refractivity contribution in [1.29, 1.82) is 0 Å². The summed E-state index contributed by atoms with van der Waals surface area (Å²) in [5.74, 6) is 1.60. The molecule has 1 aliphatic heterocycles. The molecule has 8 heteroatoms. The Morgan fingerprint density at radius 3 is 2.52 bits per heavy atom. The van der Waals surface area contributed by atoms with E-state index >= 15 is 0 Å². The van der Waals surface area contributed by atoms with Crippen molar-refractivity contribution in [3.63, 3.8) is 0 Å². The van der Waals surface area contributed by atoms with Crippen molar-refractivity contribution >= 4 is 9.84 Å². The van der Waals surface area contributed by atoms with Crippen LogP contribution < -0.4 is 0 Å². The summed E-state index contributed by atoms with van der Waals surface area (Å²) in [6.07, 6.45) is 4.04. The van der Waals surface area contributed by atoms with E-state index in [1.807, 2.05) is 0 Å². The number of sulfone groups is 1. The monoisotopic (exact) mass is 365 g/mol. The maximum atomic E-state index is 11.5. The lowest BCUT2D eigenvalue weighted by atomic mass is 9.93. The Labute approximate surface area is 147 Å². The van der Waals surface area contributed by atoms with E-state index in [1.165, 1.54) is 6.26 Å². The summed E-state index contributed by atoms with van der Waals surface area (Å²) in [5, 5.41) is 13.0. The van der Waals surface area contributed by atoms with Gasteiger partial charge in [0, 0.05) is 24.8 Å². The Morgan fingerprint density at radius 2 is 1.92 bits per heavy atom. The van der Waals surface area contributed by atoms with Gasteiger partial charge in [0.2, 0.25) is 11.7 Å². The maximum absolute atomic E-state index is 11.5. The normalized spacial score (nSPS) is 17.0. The van der Waals surface area contributed by atoms with Crippen molar-refractivity contribution in [2.75, 3.05) is 32.5 Å². The van der Waals surface area contributed by atoms with Crippen molar-refractivity contribution in [2.45, 2.75) is 24.2 Å². The highest BCUT2D eigenvalue weighted by molar-refractivity contribution is 7.90. The van der Waals surface area contributed by atoms with E-state index in [9.17, 15) is 8.42 Å². The molecule has 1 aliphatic rings. The highest BCUT2D eigenvalue weighted by Gasteiger charge is 2.21. The van der Waals surface area contributed by atoms with Gasteiger partial charge in [-0.2, -0.15) is 4.98 Å². The molecule has 2 heterocycles. The maximum Gasteiger partial charge on any atom is 0.227 e. The van der Waals surface area contributed by atoms with Gasteiger partial charge < -0.3 is 14.5 Å². The summed E-state index contributed by atoms with van der Waals surface area (Å²) in [6, 6.07) is 6.49. The summed E-state index contributed by atoms with van der Waals surface area (Å²) >= 11 is 0. The van der Waals surface area contributed by atoms with Crippen molar-refractivity contribution in [3.8, 4) is 11.4 Å². The van der Waals surface area contributed by atoms with Gasteiger partial charge in [-0.1, -0.05) is 5.16 Å². The van der Waals surface area contributed by atoms with Crippen molar-refractivity contribution in [2.24, 2.45) is 5.92 Å². The number of nitrogens with zero attached hydrogens (tertiary/aromatic N) is 3. The van der Waals surface area contributed by atoms with E-state index in [1.54, 1.807) is 24.3 Å². The smallest absolute Gasteiger partial charge is 0.227 e. The molecule has 25 heavy (non-hydrogen) atoms. The van der Waals surface area contributed by atoms with E-state index in [4.69, 9.17) is 9.63 Å². The zero-order valence-electron chi connectivity index (χ0n) is 14.3. The number of rotatable bonds is 6. The van der Waals surface area contributed by atoms with Crippen LogP contribution in [0.15, 0.2) is 33.7 Å². The second-order valence-corrected chi connectivity index (χ2v) is 8.54. The molecule has 1 saturated heterocycles. The second kappa shape index (κ2) is 7.63. The first-order valence-electron chi connectivity index (χ1n) is 8.42. The van der Waals surface area contributed by atoms with Crippen LogP contribution in [0.1, 0.15) is 18.7 Å². The number of benzene rings is 1. The van der Waals surface area contributed by atoms with Gasteiger partial charge in [-0.15, -0.1) is 0 Å². The molecule has 0 radical (unpaired) electrons. The van der Waals surface area contributed by atoms with Crippen LogP contribution in [0.4, 0.5) is 0 Å². The summed E-state index contributed by atoms with van der Waals surface area (Å²) < 4.78 is 28.4. The van der Waals surface area contributed by atoms with E-state index < -0.39 is 9.84 Å². The van der Waals surface area contributed by atoms with Gasteiger partial charge in [0.1, 0.15) is 0 Å². The molecule has 0 unspecified atom stereocenters. The molecular weight excluding hydrogens is 342 g/mol. The molecule has 1 fully saturated rings. The zero-order chi connectivity index (χ0) is 17.9. The average molecular weight is 365 g/mol. The zero-order valence-corrected chi connectivity index (χ0v) is 15.1. The minimum atomic E-state index is -3.21. The summed E-state index contributed by atoms with van der Waals surface area (Å²) in [4.78, 5) is 6.98. The van der Waals surface area contributed by atoms with Crippen LogP contribution in [-0.2, 0) is 16.3 Å². The van der Waals surface area contributed by atoms with Crippen molar-refractivity contribution in [1.82, 2.24) is 15.0 Å². The van der Waals surface area contributed by atoms with Crippen LogP contribution >= 0.6 is 0 Å².